The molecule has 0 aromatic carbocycles. The van der Waals surface area contributed by atoms with E-state index in [0.717, 1.165) is 6.54 Å². The van der Waals surface area contributed by atoms with E-state index in [1.54, 1.807) is 0 Å². The highest BCUT2D eigenvalue weighted by atomic mass is 15.2. The average Bonchev–Trinajstić information content (AvgIpc) is 2.65. The molecule has 0 unspecified atom stereocenters. The molecule has 0 radical (unpaired) electrons. The largest absolute Gasteiger partial charge is 0.295 e. The Morgan fingerprint density at radius 1 is 1.57 bits per heavy atom. The molecule has 0 saturated carbocycles. The van der Waals surface area contributed by atoms with Gasteiger partial charge in [-0.15, -0.1) is 0 Å². The predicted molar refractivity (Wildman–Crippen MR) is 58.2 cm³/mol. The molecule has 0 amide bonds. The first-order chi connectivity index (χ1) is 6.81. The number of hydrogen-bond donors (Lipinski definition) is 0. The first-order valence-electron chi connectivity index (χ1n) is 5.48. The van der Waals surface area contributed by atoms with Crippen LogP contribution >= 0.6 is 0 Å². The van der Waals surface area contributed by atoms with Crippen molar-refractivity contribution < 1.29 is 0 Å². The summed E-state index contributed by atoms with van der Waals surface area (Å²) in [5.74, 6) is 0. The van der Waals surface area contributed by atoms with Crippen molar-refractivity contribution in [2.24, 2.45) is 0 Å². The van der Waals surface area contributed by atoms with Crippen LogP contribution in [0.4, 0.5) is 0 Å². The molecular weight excluding hydrogens is 172 g/mol. The fraction of sp³-hybridized carbons (Fsp3) is 0.583. The number of nitrogens with zero attached hydrogens (tertiary/aromatic N) is 2. The fourth-order valence-electron chi connectivity index (χ4n) is 2.28. The van der Waals surface area contributed by atoms with E-state index in [1.165, 1.54) is 30.6 Å². The van der Waals surface area contributed by atoms with Crippen LogP contribution in [0.3, 0.4) is 0 Å². The van der Waals surface area contributed by atoms with Gasteiger partial charge in [0.05, 0.1) is 11.7 Å². The first kappa shape index (κ1) is 9.66. The van der Waals surface area contributed by atoms with Crippen molar-refractivity contribution in [1.82, 2.24) is 9.88 Å². The Morgan fingerprint density at radius 3 is 3.14 bits per heavy atom. The van der Waals surface area contributed by atoms with Crippen LogP contribution in [-0.4, -0.2) is 23.0 Å². The van der Waals surface area contributed by atoms with Gasteiger partial charge in [0, 0.05) is 6.20 Å². The zero-order chi connectivity index (χ0) is 9.97. The second-order valence-electron chi connectivity index (χ2n) is 4.04. The van der Waals surface area contributed by atoms with Crippen molar-refractivity contribution in [1.29, 1.82) is 0 Å². The molecule has 2 heteroatoms. The molecular formula is C12H18N2. The zero-order valence-electron chi connectivity index (χ0n) is 9.03. The number of aryl methyl sites for hydroxylation is 1. The quantitative estimate of drug-likeness (QED) is 0.712. The third kappa shape index (κ3) is 1.80. The monoisotopic (exact) mass is 190 g/mol. The smallest absolute Gasteiger partial charge is 0.0578 e. The Labute approximate surface area is 86.0 Å². The maximum Gasteiger partial charge on any atom is 0.0578 e. The summed E-state index contributed by atoms with van der Waals surface area (Å²) in [6, 6.07) is 4.85. The maximum atomic E-state index is 4.48. The SMILES string of the molecule is CCN1CCC[C@H]1c1cc(C)ccn1. The Balaban J connectivity index is 2.21. The van der Waals surface area contributed by atoms with Crippen LogP contribution in [-0.2, 0) is 0 Å². The van der Waals surface area contributed by atoms with Crippen LogP contribution < -0.4 is 0 Å². The van der Waals surface area contributed by atoms with Gasteiger partial charge in [-0.2, -0.15) is 0 Å². The Morgan fingerprint density at radius 2 is 2.43 bits per heavy atom. The third-order valence-corrected chi connectivity index (χ3v) is 3.05. The van der Waals surface area contributed by atoms with Crippen molar-refractivity contribution in [2.45, 2.75) is 32.7 Å². The van der Waals surface area contributed by atoms with Crippen molar-refractivity contribution >= 4 is 0 Å². The third-order valence-electron chi connectivity index (χ3n) is 3.05. The summed E-state index contributed by atoms with van der Waals surface area (Å²) in [6.07, 6.45) is 4.51. The molecule has 0 N–H and O–H groups in total. The van der Waals surface area contributed by atoms with E-state index in [2.05, 4.69) is 35.9 Å². The summed E-state index contributed by atoms with van der Waals surface area (Å²) in [7, 11) is 0. The summed E-state index contributed by atoms with van der Waals surface area (Å²) in [4.78, 5) is 6.99. The Hall–Kier alpha value is -0.890. The number of aromatic nitrogens is 1. The summed E-state index contributed by atoms with van der Waals surface area (Å²) >= 11 is 0. The molecule has 14 heavy (non-hydrogen) atoms. The molecule has 1 aliphatic heterocycles. The molecule has 1 aliphatic rings. The lowest BCUT2D eigenvalue weighted by atomic mass is 10.1. The van der Waals surface area contributed by atoms with E-state index >= 15 is 0 Å². The maximum absolute atomic E-state index is 4.48. The second-order valence-corrected chi connectivity index (χ2v) is 4.04. The highest BCUT2D eigenvalue weighted by Gasteiger charge is 2.25. The van der Waals surface area contributed by atoms with Gasteiger partial charge < -0.3 is 0 Å². The van der Waals surface area contributed by atoms with Crippen LogP contribution in [0.5, 0.6) is 0 Å². The second kappa shape index (κ2) is 4.09. The van der Waals surface area contributed by atoms with Crippen LogP contribution in [0, 0.1) is 6.92 Å². The van der Waals surface area contributed by atoms with Gasteiger partial charge in [-0.3, -0.25) is 9.88 Å². The Kier molecular flexibility index (Phi) is 2.82. The van der Waals surface area contributed by atoms with Crippen molar-refractivity contribution in [3.05, 3.63) is 29.6 Å². The van der Waals surface area contributed by atoms with Gasteiger partial charge in [-0.1, -0.05) is 6.92 Å². The standard InChI is InChI=1S/C12H18N2/c1-3-14-8-4-5-12(14)11-9-10(2)6-7-13-11/h6-7,9,12H,3-5,8H2,1-2H3/t12-/m0/s1. The minimum absolute atomic E-state index is 0.569. The normalized spacial score (nSPS) is 22.9. The molecule has 2 heterocycles. The van der Waals surface area contributed by atoms with Crippen molar-refractivity contribution in [3.8, 4) is 0 Å². The summed E-state index contributed by atoms with van der Waals surface area (Å²) < 4.78 is 0. The van der Waals surface area contributed by atoms with E-state index in [1.807, 2.05) is 6.20 Å². The summed E-state index contributed by atoms with van der Waals surface area (Å²) in [6.45, 7) is 6.74. The number of pyridine rings is 1. The molecule has 1 saturated heterocycles. The van der Waals surface area contributed by atoms with Gasteiger partial charge in [0.2, 0.25) is 0 Å². The van der Waals surface area contributed by atoms with Crippen LogP contribution in [0.25, 0.3) is 0 Å². The highest BCUT2D eigenvalue weighted by molar-refractivity contribution is 5.18. The molecule has 1 atom stereocenters. The van der Waals surface area contributed by atoms with Gasteiger partial charge in [0.25, 0.3) is 0 Å². The lowest BCUT2D eigenvalue weighted by Gasteiger charge is -2.22. The predicted octanol–water partition coefficient (Wildman–Crippen LogP) is 2.55. The molecule has 76 valence electrons. The number of rotatable bonds is 2. The topological polar surface area (TPSA) is 16.1 Å². The lowest BCUT2D eigenvalue weighted by molar-refractivity contribution is 0.267. The zero-order valence-corrected chi connectivity index (χ0v) is 9.03. The van der Waals surface area contributed by atoms with Crippen LogP contribution in [0.2, 0.25) is 0 Å². The number of likely N-dealkylation sites (tertiary alicyclic amines) is 1. The molecule has 0 spiro atoms. The molecule has 1 aromatic heterocycles. The van der Waals surface area contributed by atoms with Crippen LogP contribution in [0.1, 0.15) is 37.1 Å². The van der Waals surface area contributed by atoms with E-state index in [9.17, 15) is 0 Å². The molecule has 1 fully saturated rings. The molecule has 0 aliphatic carbocycles. The van der Waals surface area contributed by atoms with Crippen molar-refractivity contribution in [2.75, 3.05) is 13.1 Å². The van der Waals surface area contributed by atoms with Crippen molar-refractivity contribution in [3.63, 3.8) is 0 Å². The fourth-order valence-corrected chi connectivity index (χ4v) is 2.28. The average molecular weight is 190 g/mol. The Bertz CT molecular complexity index is 309. The van der Waals surface area contributed by atoms with Gasteiger partial charge in [-0.05, 0) is 50.6 Å². The number of hydrogen-bond acceptors (Lipinski definition) is 2. The summed E-state index contributed by atoms with van der Waals surface area (Å²) in [5.41, 5.74) is 2.57. The van der Waals surface area contributed by atoms with Gasteiger partial charge in [0.15, 0.2) is 0 Å². The van der Waals surface area contributed by atoms with Crippen LogP contribution in [0.15, 0.2) is 18.3 Å². The molecule has 1 aromatic rings. The van der Waals surface area contributed by atoms with Gasteiger partial charge in [0.1, 0.15) is 0 Å². The molecule has 2 nitrogen and oxygen atoms in total. The summed E-state index contributed by atoms with van der Waals surface area (Å²) in [5, 5.41) is 0. The highest BCUT2D eigenvalue weighted by Crippen LogP contribution is 2.30. The van der Waals surface area contributed by atoms with E-state index in [4.69, 9.17) is 0 Å². The minimum atomic E-state index is 0.569. The molecule has 0 bridgehead atoms. The van der Waals surface area contributed by atoms with E-state index in [-0.39, 0.29) is 0 Å². The van der Waals surface area contributed by atoms with Gasteiger partial charge >= 0.3 is 0 Å². The molecule has 2 rings (SSSR count). The lowest BCUT2D eigenvalue weighted by Crippen LogP contribution is -2.23. The van der Waals surface area contributed by atoms with E-state index in [0.29, 0.717) is 6.04 Å². The van der Waals surface area contributed by atoms with E-state index < -0.39 is 0 Å². The minimum Gasteiger partial charge on any atom is -0.295 e. The first-order valence-corrected chi connectivity index (χ1v) is 5.48. The van der Waals surface area contributed by atoms with Gasteiger partial charge in [-0.25, -0.2) is 0 Å².